The van der Waals surface area contributed by atoms with Gasteiger partial charge in [0, 0.05) is 24.2 Å². The Kier molecular flexibility index (Phi) is 6.52. The van der Waals surface area contributed by atoms with Crippen molar-refractivity contribution < 1.29 is 19.0 Å². The minimum atomic E-state index is -0.689. The van der Waals surface area contributed by atoms with Crippen LogP contribution in [-0.4, -0.2) is 34.0 Å². The SMILES string of the molecule is CC(C)C1=CC(c2ccc(F)cc2)N(/C=C/[C@@H]2C[C@@H](O)CC(=O)O2)C(C(C)C)=N1. The molecule has 1 N–H and O–H groups in total. The first-order valence-corrected chi connectivity index (χ1v) is 10.1. The quantitative estimate of drug-likeness (QED) is 0.746. The summed E-state index contributed by atoms with van der Waals surface area (Å²) in [6.07, 6.45) is 4.99. The number of halogens is 1. The molecule has 6 heteroatoms. The molecule has 1 aromatic carbocycles. The van der Waals surface area contributed by atoms with E-state index in [0.717, 1.165) is 17.1 Å². The van der Waals surface area contributed by atoms with Gasteiger partial charge in [-0.25, -0.2) is 9.38 Å². The molecule has 29 heavy (non-hydrogen) atoms. The maximum atomic E-state index is 13.5. The molecule has 1 fully saturated rings. The molecule has 3 rings (SSSR count). The van der Waals surface area contributed by atoms with Crippen molar-refractivity contribution in [2.45, 2.75) is 58.8 Å². The van der Waals surface area contributed by atoms with E-state index in [-0.39, 0.29) is 30.1 Å². The lowest BCUT2D eigenvalue weighted by molar-refractivity contribution is -0.156. The number of carbonyl (C=O) groups is 1. The third-order valence-electron chi connectivity index (χ3n) is 5.11. The maximum absolute atomic E-state index is 13.5. The van der Waals surface area contributed by atoms with Gasteiger partial charge in [-0.1, -0.05) is 39.8 Å². The lowest BCUT2D eigenvalue weighted by atomic mass is 9.96. The highest BCUT2D eigenvalue weighted by atomic mass is 19.1. The second kappa shape index (κ2) is 8.91. The summed E-state index contributed by atoms with van der Waals surface area (Å²) in [6, 6.07) is 6.33. The molecule has 5 nitrogen and oxygen atoms in total. The molecular formula is C23H29FN2O3. The fraction of sp³-hybridized carbons (Fsp3) is 0.478. The zero-order valence-electron chi connectivity index (χ0n) is 17.4. The highest BCUT2D eigenvalue weighted by Crippen LogP contribution is 2.33. The van der Waals surface area contributed by atoms with Crippen molar-refractivity contribution in [3.8, 4) is 0 Å². The van der Waals surface area contributed by atoms with E-state index in [1.54, 1.807) is 18.2 Å². The van der Waals surface area contributed by atoms with Crippen LogP contribution in [0.15, 0.2) is 53.3 Å². The number of rotatable bonds is 5. The summed E-state index contributed by atoms with van der Waals surface area (Å²) in [7, 11) is 0. The molecule has 2 heterocycles. The molecule has 1 aromatic rings. The zero-order chi connectivity index (χ0) is 21.1. The summed E-state index contributed by atoms with van der Waals surface area (Å²) in [5.74, 6) is 0.633. The Morgan fingerprint density at radius 1 is 1.21 bits per heavy atom. The first-order valence-electron chi connectivity index (χ1n) is 10.1. The highest BCUT2D eigenvalue weighted by Gasteiger charge is 2.29. The molecule has 1 saturated heterocycles. The van der Waals surface area contributed by atoms with E-state index in [1.807, 2.05) is 11.1 Å². The zero-order valence-corrected chi connectivity index (χ0v) is 17.4. The molecule has 0 bridgehead atoms. The van der Waals surface area contributed by atoms with Crippen molar-refractivity contribution in [2.75, 3.05) is 0 Å². The number of benzene rings is 1. The lowest BCUT2D eigenvalue weighted by Gasteiger charge is -2.36. The van der Waals surface area contributed by atoms with Crippen molar-refractivity contribution in [1.29, 1.82) is 0 Å². The van der Waals surface area contributed by atoms with E-state index < -0.39 is 18.2 Å². The van der Waals surface area contributed by atoms with E-state index in [0.29, 0.717) is 6.42 Å². The third kappa shape index (κ3) is 5.12. The van der Waals surface area contributed by atoms with Gasteiger partial charge in [0.25, 0.3) is 0 Å². The average molecular weight is 400 g/mol. The van der Waals surface area contributed by atoms with Crippen molar-refractivity contribution in [1.82, 2.24) is 4.90 Å². The van der Waals surface area contributed by atoms with Gasteiger partial charge in [0.15, 0.2) is 0 Å². The molecule has 2 aliphatic rings. The number of hydrogen-bond acceptors (Lipinski definition) is 5. The first kappa shape index (κ1) is 21.2. The normalized spacial score (nSPS) is 25.4. The van der Waals surface area contributed by atoms with Gasteiger partial charge in [-0.05, 0) is 35.8 Å². The lowest BCUT2D eigenvalue weighted by Crippen LogP contribution is -2.37. The largest absolute Gasteiger partial charge is 0.458 e. The van der Waals surface area contributed by atoms with E-state index in [4.69, 9.17) is 9.73 Å². The molecule has 0 aromatic heterocycles. The summed E-state index contributed by atoms with van der Waals surface area (Å²) in [6.45, 7) is 8.36. The van der Waals surface area contributed by atoms with Crippen molar-refractivity contribution in [3.63, 3.8) is 0 Å². The second-order valence-corrected chi connectivity index (χ2v) is 8.24. The Labute approximate surface area is 171 Å². The minimum Gasteiger partial charge on any atom is -0.458 e. The number of aliphatic hydroxyl groups excluding tert-OH is 1. The molecule has 3 atom stereocenters. The van der Waals surface area contributed by atoms with Crippen LogP contribution in [0, 0.1) is 17.7 Å². The highest BCUT2D eigenvalue weighted by molar-refractivity contribution is 5.87. The van der Waals surface area contributed by atoms with Crippen LogP contribution in [0.1, 0.15) is 52.1 Å². The number of allylic oxidation sites excluding steroid dienone is 1. The van der Waals surface area contributed by atoms with Gasteiger partial charge in [-0.2, -0.15) is 0 Å². The summed E-state index contributed by atoms with van der Waals surface area (Å²) >= 11 is 0. The fourth-order valence-corrected chi connectivity index (χ4v) is 3.56. The van der Waals surface area contributed by atoms with E-state index in [2.05, 4.69) is 33.8 Å². The Morgan fingerprint density at radius 3 is 2.48 bits per heavy atom. The van der Waals surface area contributed by atoms with Gasteiger partial charge in [-0.3, -0.25) is 4.79 Å². The second-order valence-electron chi connectivity index (χ2n) is 8.24. The Bertz CT molecular complexity index is 827. The van der Waals surface area contributed by atoms with E-state index in [9.17, 15) is 14.3 Å². The topological polar surface area (TPSA) is 62.1 Å². The molecule has 2 aliphatic heterocycles. The maximum Gasteiger partial charge on any atom is 0.309 e. The summed E-state index contributed by atoms with van der Waals surface area (Å²) in [4.78, 5) is 18.6. The number of ether oxygens (including phenoxy) is 1. The van der Waals surface area contributed by atoms with Gasteiger partial charge in [-0.15, -0.1) is 0 Å². The van der Waals surface area contributed by atoms with Crippen LogP contribution in [0.2, 0.25) is 0 Å². The molecule has 0 radical (unpaired) electrons. The Hall–Kier alpha value is -2.47. The number of aliphatic imine (C=N–C) groups is 1. The van der Waals surface area contributed by atoms with E-state index in [1.165, 1.54) is 12.1 Å². The monoisotopic (exact) mass is 400 g/mol. The predicted molar refractivity (Wildman–Crippen MR) is 110 cm³/mol. The summed E-state index contributed by atoms with van der Waals surface area (Å²) < 4.78 is 18.8. The number of esters is 1. The van der Waals surface area contributed by atoms with Crippen LogP contribution in [-0.2, 0) is 9.53 Å². The van der Waals surface area contributed by atoms with Crippen molar-refractivity contribution in [3.05, 3.63) is 59.7 Å². The number of amidine groups is 1. The smallest absolute Gasteiger partial charge is 0.309 e. The standard InChI is InChI=1S/C23H29FN2O3/c1-14(2)20-13-21(16-5-7-17(24)8-6-16)26(23(25-20)15(3)4)10-9-19-11-18(27)12-22(28)29-19/h5-10,13-15,18-19,21,27H,11-12H2,1-4H3/b10-9+/t18-,19-,21?/m1/s1. The molecule has 0 spiro atoms. The fourth-order valence-electron chi connectivity index (χ4n) is 3.56. The molecule has 0 saturated carbocycles. The number of cyclic esters (lactones) is 1. The summed E-state index contributed by atoms with van der Waals surface area (Å²) in [5, 5.41) is 9.86. The van der Waals surface area contributed by atoms with Crippen LogP contribution >= 0.6 is 0 Å². The number of carbonyl (C=O) groups excluding carboxylic acids is 1. The summed E-state index contributed by atoms with van der Waals surface area (Å²) in [5.41, 5.74) is 1.94. The van der Waals surface area contributed by atoms with Crippen LogP contribution in [0.5, 0.6) is 0 Å². The Morgan fingerprint density at radius 2 is 1.90 bits per heavy atom. The van der Waals surface area contributed by atoms with Gasteiger partial charge in [0.1, 0.15) is 17.8 Å². The van der Waals surface area contributed by atoms with Gasteiger partial charge >= 0.3 is 5.97 Å². The van der Waals surface area contributed by atoms with Gasteiger partial charge in [0.2, 0.25) is 0 Å². The van der Waals surface area contributed by atoms with Crippen LogP contribution in [0.25, 0.3) is 0 Å². The number of nitrogens with zero attached hydrogens (tertiary/aromatic N) is 2. The minimum absolute atomic E-state index is 0.0332. The van der Waals surface area contributed by atoms with Crippen LogP contribution < -0.4 is 0 Å². The number of hydrogen-bond donors (Lipinski definition) is 1. The molecule has 156 valence electrons. The van der Waals surface area contributed by atoms with Gasteiger partial charge < -0.3 is 14.7 Å². The average Bonchev–Trinajstić information content (AvgIpc) is 2.65. The number of aliphatic hydroxyl groups is 1. The molecule has 1 unspecified atom stereocenters. The molecule has 0 aliphatic carbocycles. The van der Waals surface area contributed by atoms with Crippen LogP contribution in [0.4, 0.5) is 4.39 Å². The molecule has 0 amide bonds. The van der Waals surface area contributed by atoms with E-state index >= 15 is 0 Å². The van der Waals surface area contributed by atoms with Crippen molar-refractivity contribution >= 4 is 11.8 Å². The first-order chi connectivity index (χ1) is 13.7. The third-order valence-corrected chi connectivity index (χ3v) is 5.11. The Balaban J connectivity index is 1.97. The van der Waals surface area contributed by atoms with Crippen molar-refractivity contribution in [2.24, 2.45) is 16.8 Å². The van der Waals surface area contributed by atoms with Gasteiger partial charge in [0.05, 0.1) is 18.6 Å². The predicted octanol–water partition coefficient (Wildman–Crippen LogP) is 4.36. The van der Waals surface area contributed by atoms with Crippen LogP contribution in [0.3, 0.4) is 0 Å². The molecular weight excluding hydrogens is 371 g/mol.